The van der Waals surface area contributed by atoms with E-state index in [0.717, 1.165) is 5.56 Å². The Labute approximate surface area is 133 Å². The second-order valence-corrected chi connectivity index (χ2v) is 5.58. The van der Waals surface area contributed by atoms with Gasteiger partial charge in [-0.2, -0.15) is 4.52 Å². The highest BCUT2D eigenvalue weighted by Gasteiger charge is 2.22. The largest absolute Gasteiger partial charge is 0.480 e. The van der Waals surface area contributed by atoms with Gasteiger partial charge < -0.3 is 10.4 Å². The maximum atomic E-state index is 11.3. The Balaban J connectivity index is 2.00. The molecule has 2 heterocycles. The van der Waals surface area contributed by atoms with E-state index in [1.165, 1.54) is 0 Å². The van der Waals surface area contributed by atoms with Gasteiger partial charge in [0.15, 0.2) is 11.5 Å². The van der Waals surface area contributed by atoms with E-state index in [4.69, 9.17) is 0 Å². The lowest BCUT2D eigenvalue weighted by molar-refractivity contribution is -0.138. The molecule has 23 heavy (non-hydrogen) atoms. The van der Waals surface area contributed by atoms with Crippen LogP contribution in [0.25, 0.3) is 17.0 Å². The molecule has 7 nitrogen and oxygen atoms in total. The highest BCUT2D eigenvalue weighted by atomic mass is 16.4. The number of hydrogen-bond donors (Lipinski definition) is 2. The highest BCUT2D eigenvalue weighted by molar-refractivity contribution is 5.77. The highest BCUT2D eigenvalue weighted by Crippen LogP contribution is 2.18. The first kappa shape index (κ1) is 15.0. The molecule has 0 spiro atoms. The van der Waals surface area contributed by atoms with Crippen molar-refractivity contribution in [2.75, 3.05) is 5.32 Å². The molecule has 0 bridgehead atoms. The molecule has 0 saturated carbocycles. The summed E-state index contributed by atoms with van der Waals surface area (Å²) in [5.41, 5.74) is 1.49. The minimum Gasteiger partial charge on any atom is -0.480 e. The van der Waals surface area contributed by atoms with E-state index < -0.39 is 12.0 Å². The van der Waals surface area contributed by atoms with Gasteiger partial charge in [0.1, 0.15) is 11.9 Å². The fourth-order valence-electron chi connectivity index (χ4n) is 2.31. The van der Waals surface area contributed by atoms with Crippen LogP contribution in [0.15, 0.2) is 42.5 Å². The Bertz CT molecular complexity index is 829. The van der Waals surface area contributed by atoms with Gasteiger partial charge in [-0.05, 0) is 18.1 Å². The monoisotopic (exact) mass is 311 g/mol. The third-order valence-corrected chi connectivity index (χ3v) is 3.53. The van der Waals surface area contributed by atoms with Gasteiger partial charge in [-0.3, -0.25) is 0 Å². The average molecular weight is 311 g/mol. The van der Waals surface area contributed by atoms with Crippen molar-refractivity contribution in [1.82, 2.24) is 19.8 Å². The van der Waals surface area contributed by atoms with Crippen molar-refractivity contribution in [2.24, 2.45) is 5.92 Å². The zero-order valence-corrected chi connectivity index (χ0v) is 12.8. The van der Waals surface area contributed by atoms with E-state index in [1.807, 2.05) is 44.2 Å². The van der Waals surface area contributed by atoms with Gasteiger partial charge in [-0.1, -0.05) is 44.2 Å². The summed E-state index contributed by atoms with van der Waals surface area (Å²) in [7, 11) is 0. The molecule has 7 heteroatoms. The van der Waals surface area contributed by atoms with Gasteiger partial charge in [-0.25, -0.2) is 4.79 Å². The van der Waals surface area contributed by atoms with Crippen LogP contribution in [0.2, 0.25) is 0 Å². The summed E-state index contributed by atoms with van der Waals surface area (Å²) in [4.78, 5) is 11.3. The summed E-state index contributed by atoms with van der Waals surface area (Å²) >= 11 is 0. The lowest BCUT2D eigenvalue weighted by Gasteiger charge is -2.18. The molecule has 3 rings (SSSR count). The molecular weight excluding hydrogens is 294 g/mol. The minimum atomic E-state index is -0.908. The number of anilines is 1. The predicted molar refractivity (Wildman–Crippen MR) is 86.1 cm³/mol. The van der Waals surface area contributed by atoms with Crippen LogP contribution < -0.4 is 5.32 Å². The second-order valence-electron chi connectivity index (χ2n) is 5.58. The number of carboxylic acids is 1. The fraction of sp³-hybridized carbons (Fsp3) is 0.250. The molecule has 0 unspecified atom stereocenters. The fourth-order valence-corrected chi connectivity index (χ4v) is 2.31. The quantitative estimate of drug-likeness (QED) is 0.751. The first-order chi connectivity index (χ1) is 11.1. The average Bonchev–Trinajstić information content (AvgIpc) is 2.96. The first-order valence-corrected chi connectivity index (χ1v) is 7.33. The van der Waals surface area contributed by atoms with Crippen LogP contribution in [0.1, 0.15) is 13.8 Å². The van der Waals surface area contributed by atoms with Crippen molar-refractivity contribution in [3.63, 3.8) is 0 Å². The molecule has 0 aliphatic carbocycles. The molecule has 0 fully saturated rings. The summed E-state index contributed by atoms with van der Waals surface area (Å²) in [6.07, 6.45) is 0. The summed E-state index contributed by atoms with van der Waals surface area (Å²) in [5, 5.41) is 24.9. The van der Waals surface area contributed by atoms with Crippen molar-refractivity contribution in [3.8, 4) is 11.4 Å². The number of fused-ring (bicyclic) bond motifs is 1. The Hall–Kier alpha value is -2.96. The minimum absolute atomic E-state index is 0.0699. The van der Waals surface area contributed by atoms with E-state index >= 15 is 0 Å². The van der Waals surface area contributed by atoms with Gasteiger partial charge in [-0.15, -0.1) is 15.3 Å². The van der Waals surface area contributed by atoms with Gasteiger partial charge in [0.2, 0.25) is 0 Å². The molecular formula is C16H17N5O2. The van der Waals surface area contributed by atoms with Crippen molar-refractivity contribution in [2.45, 2.75) is 19.9 Å². The Morgan fingerprint density at radius 3 is 2.52 bits per heavy atom. The summed E-state index contributed by atoms with van der Waals surface area (Å²) in [6.45, 7) is 3.69. The lowest BCUT2D eigenvalue weighted by atomic mass is 10.1. The van der Waals surface area contributed by atoms with Crippen molar-refractivity contribution < 1.29 is 9.90 Å². The maximum Gasteiger partial charge on any atom is 0.326 e. The molecule has 0 aliphatic rings. The topological polar surface area (TPSA) is 92.4 Å². The molecule has 3 aromatic rings. The maximum absolute atomic E-state index is 11.3. The molecule has 0 aliphatic heterocycles. The Morgan fingerprint density at radius 1 is 1.13 bits per heavy atom. The normalized spacial score (nSPS) is 12.5. The number of nitrogens with zero attached hydrogens (tertiary/aromatic N) is 4. The summed E-state index contributed by atoms with van der Waals surface area (Å²) in [6, 6.07) is 12.4. The standard InChI is InChI=1S/C16H17N5O2/c1-10(2)14(16(22)23)17-12-8-9-13-18-19-15(21(13)20-12)11-6-4-3-5-7-11/h3-10,14H,1-2H3,(H,17,20)(H,22,23)/t14-/m1/s1. The molecule has 0 radical (unpaired) electrons. The van der Waals surface area contributed by atoms with E-state index in [9.17, 15) is 9.90 Å². The number of carboxylic acid groups (broad SMARTS) is 1. The van der Waals surface area contributed by atoms with Crippen LogP contribution in [0.4, 0.5) is 5.82 Å². The number of benzene rings is 1. The molecule has 0 saturated heterocycles. The summed E-state index contributed by atoms with van der Waals surface area (Å²) < 4.78 is 1.61. The van der Waals surface area contributed by atoms with Crippen molar-refractivity contribution in [3.05, 3.63) is 42.5 Å². The SMILES string of the molecule is CC(C)[C@@H](Nc1ccc2nnc(-c3ccccc3)n2n1)C(=O)O. The molecule has 2 aromatic heterocycles. The van der Waals surface area contributed by atoms with Crippen LogP contribution in [0.3, 0.4) is 0 Å². The van der Waals surface area contributed by atoms with Crippen LogP contribution >= 0.6 is 0 Å². The molecule has 1 atom stereocenters. The van der Waals surface area contributed by atoms with Gasteiger partial charge in [0.25, 0.3) is 0 Å². The number of hydrogen-bond acceptors (Lipinski definition) is 5. The van der Waals surface area contributed by atoms with Crippen LogP contribution in [-0.4, -0.2) is 36.9 Å². The van der Waals surface area contributed by atoms with E-state index in [0.29, 0.717) is 17.3 Å². The molecule has 118 valence electrons. The zero-order chi connectivity index (χ0) is 16.4. The van der Waals surface area contributed by atoms with E-state index in [1.54, 1.807) is 16.6 Å². The molecule has 2 N–H and O–H groups in total. The van der Waals surface area contributed by atoms with Crippen LogP contribution in [0.5, 0.6) is 0 Å². The summed E-state index contributed by atoms with van der Waals surface area (Å²) in [5.74, 6) is 0.102. The lowest BCUT2D eigenvalue weighted by Crippen LogP contribution is -2.34. The number of carbonyl (C=O) groups is 1. The third-order valence-electron chi connectivity index (χ3n) is 3.53. The number of aromatic nitrogens is 4. The Morgan fingerprint density at radius 2 is 1.87 bits per heavy atom. The number of aliphatic carboxylic acids is 1. The second kappa shape index (κ2) is 6.04. The van der Waals surface area contributed by atoms with Gasteiger partial charge in [0.05, 0.1) is 0 Å². The Kier molecular flexibility index (Phi) is 3.92. The van der Waals surface area contributed by atoms with E-state index in [2.05, 4.69) is 20.6 Å². The van der Waals surface area contributed by atoms with E-state index in [-0.39, 0.29) is 5.92 Å². The van der Waals surface area contributed by atoms with Crippen LogP contribution in [0, 0.1) is 5.92 Å². The van der Waals surface area contributed by atoms with Gasteiger partial charge >= 0.3 is 5.97 Å². The van der Waals surface area contributed by atoms with Crippen LogP contribution in [-0.2, 0) is 4.79 Å². The first-order valence-electron chi connectivity index (χ1n) is 7.33. The number of rotatable bonds is 5. The van der Waals surface area contributed by atoms with Gasteiger partial charge in [0, 0.05) is 5.56 Å². The van der Waals surface area contributed by atoms with Crippen molar-refractivity contribution >= 4 is 17.4 Å². The molecule has 0 amide bonds. The number of nitrogens with one attached hydrogen (secondary N) is 1. The third kappa shape index (κ3) is 2.98. The predicted octanol–water partition coefficient (Wildman–Crippen LogP) is 2.31. The smallest absolute Gasteiger partial charge is 0.326 e. The molecule has 1 aromatic carbocycles. The zero-order valence-electron chi connectivity index (χ0n) is 12.8. The van der Waals surface area contributed by atoms with Crippen molar-refractivity contribution in [1.29, 1.82) is 0 Å².